The van der Waals surface area contributed by atoms with Gasteiger partial charge in [-0.3, -0.25) is 0 Å². The van der Waals surface area contributed by atoms with E-state index < -0.39 is 95.1 Å². The Morgan fingerprint density at radius 3 is 1.17 bits per heavy atom. The number of benzene rings is 3. The van der Waals surface area contributed by atoms with Gasteiger partial charge in [0.2, 0.25) is 0 Å². The van der Waals surface area contributed by atoms with E-state index in [1.54, 1.807) is 0 Å². The Morgan fingerprint density at radius 1 is 0.457 bits per heavy atom. The molecule has 9 nitrogen and oxygen atoms in total. The van der Waals surface area contributed by atoms with Crippen LogP contribution >= 0.6 is 0 Å². The molecule has 0 heterocycles. The number of alkyl halides is 6. The lowest BCUT2D eigenvalue weighted by atomic mass is 9.86. The third-order valence-corrected chi connectivity index (χ3v) is 6.40. The average molecular weight is 617 g/mol. The molecular formula is C31H5F6N9. The Morgan fingerprint density at radius 2 is 0.848 bits per heavy atom. The van der Waals surface area contributed by atoms with Crippen LogP contribution in [0.15, 0.2) is 30.3 Å². The van der Waals surface area contributed by atoms with Crippen molar-refractivity contribution in [1.29, 1.82) is 47.4 Å². The topological polar surface area (TPSA) is 214 Å². The van der Waals surface area contributed by atoms with E-state index in [1.807, 2.05) is 0 Å². The van der Waals surface area contributed by atoms with Crippen molar-refractivity contribution in [3.05, 3.63) is 102 Å². The highest BCUT2D eigenvalue weighted by Gasteiger charge is 2.40. The fourth-order valence-electron chi connectivity index (χ4n) is 4.60. The van der Waals surface area contributed by atoms with Crippen molar-refractivity contribution >= 4 is 11.1 Å². The van der Waals surface area contributed by atoms with E-state index in [9.17, 15) is 73.7 Å². The molecule has 0 radical (unpaired) electrons. The van der Waals surface area contributed by atoms with E-state index in [2.05, 4.69) is 0 Å². The Kier molecular flexibility index (Phi) is 8.81. The molecule has 0 amide bonds. The van der Waals surface area contributed by atoms with Crippen molar-refractivity contribution in [2.75, 3.05) is 0 Å². The van der Waals surface area contributed by atoms with Crippen LogP contribution in [0.25, 0.3) is 11.1 Å². The number of hydrogen-bond acceptors (Lipinski definition) is 9. The third-order valence-electron chi connectivity index (χ3n) is 6.40. The summed E-state index contributed by atoms with van der Waals surface area (Å²) < 4.78 is 85.4. The van der Waals surface area contributed by atoms with E-state index in [4.69, 9.17) is 0 Å². The van der Waals surface area contributed by atoms with E-state index in [0.29, 0.717) is 18.2 Å². The highest BCUT2D eigenvalue weighted by molar-refractivity contribution is 5.86. The van der Waals surface area contributed by atoms with Crippen LogP contribution in [0, 0.1) is 102 Å². The van der Waals surface area contributed by atoms with Crippen LogP contribution in [0.1, 0.15) is 61.2 Å². The van der Waals surface area contributed by atoms with Crippen molar-refractivity contribution < 1.29 is 26.3 Å². The molecule has 3 aromatic carbocycles. The van der Waals surface area contributed by atoms with Crippen LogP contribution in [0.2, 0.25) is 0 Å². The molecule has 0 aliphatic heterocycles. The molecule has 0 fully saturated rings. The van der Waals surface area contributed by atoms with E-state index in [0.717, 1.165) is 12.1 Å². The first-order valence-electron chi connectivity index (χ1n) is 11.8. The Labute approximate surface area is 253 Å². The fraction of sp³-hybridized carbons (Fsp3) is 0.0645. The Balaban J connectivity index is 2.82. The van der Waals surface area contributed by atoms with Gasteiger partial charge in [-0.15, -0.1) is 0 Å². The number of nitriles is 9. The maximum atomic E-state index is 14.2. The van der Waals surface area contributed by atoms with Gasteiger partial charge in [-0.05, 0) is 18.2 Å². The summed E-state index contributed by atoms with van der Waals surface area (Å²) in [4.78, 5) is 0. The van der Waals surface area contributed by atoms with Gasteiger partial charge in [-0.1, -0.05) is 12.1 Å². The molecule has 0 N–H and O–H groups in total. The van der Waals surface area contributed by atoms with E-state index >= 15 is 0 Å². The molecule has 3 aromatic rings. The molecule has 3 rings (SSSR count). The molecule has 0 bridgehead atoms. The average Bonchev–Trinajstić information content (AvgIpc) is 3.03. The quantitative estimate of drug-likeness (QED) is 0.375. The molecule has 216 valence electrons. The monoisotopic (exact) mass is 617 g/mol. The maximum absolute atomic E-state index is 14.2. The molecule has 0 atom stereocenters. The van der Waals surface area contributed by atoms with Crippen LogP contribution in [0.3, 0.4) is 0 Å². The first-order chi connectivity index (χ1) is 21.7. The molecule has 0 saturated heterocycles. The normalized spacial score (nSPS) is 11.8. The first-order valence-corrected chi connectivity index (χ1v) is 11.8. The van der Waals surface area contributed by atoms with Crippen LogP contribution < -0.4 is 10.4 Å². The SMILES string of the molecule is N#C/C(c1ccc(C#N)c(C#N)c1C(F)(F)F)=c1/c(C#N)c/c(=C(\C#N)c2ccc(C#N)c(C#N)c2C(F)(F)F)c(C#N)c1C#N. The minimum absolute atomic E-state index is 0.608. The van der Waals surface area contributed by atoms with E-state index in [1.165, 1.54) is 54.6 Å². The smallest absolute Gasteiger partial charge is 0.192 e. The summed E-state index contributed by atoms with van der Waals surface area (Å²) >= 11 is 0. The number of nitrogens with zero attached hydrogens (tertiary/aromatic N) is 9. The van der Waals surface area contributed by atoms with Crippen molar-refractivity contribution in [2.45, 2.75) is 12.4 Å². The predicted octanol–water partition coefficient (Wildman–Crippen LogP) is 4.27. The van der Waals surface area contributed by atoms with Crippen LogP contribution in [-0.4, -0.2) is 0 Å². The van der Waals surface area contributed by atoms with Gasteiger partial charge in [-0.2, -0.15) is 73.7 Å². The number of rotatable bonds is 2. The molecule has 15 heteroatoms. The highest BCUT2D eigenvalue weighted by atomic mass is 19.4. The largest absolute Gasteiger partial charge is 0.418 e. The fourth-order valence-corrected chi connectivity index (χ4v) is 4.60. The lowest BCUT2D eigenvalue weighted by Crippen LogP contribution is -2.27. The van der Waals surface area contributed by atoms with Gasteiger partial charge in [0.1, 0.15) is 48.6 Å². The maximum Gasteiger partial charge on any atom is 0.418 e. The molecule has 0 saturated carbocycles. The lowest BCUT2D eigenvalue weighted by Gasteiger charge is -2.16. The Bertz CT molecular complexity index is 2390. The summed E-state index contributed by atoms with van der Waals surface area (Å²) in [7, 11) is 0. The van der Waals surface area contributed by atoms with E-state index in [-0.39, 0.29) is 0 Å². The number of halogens is 6. The van der Waals surface area contributed by atoms with Crippen molar-refractivity contribution in [1.82, 2.24) is 0 Å². The molecule has 0 aromatic heterocycles. The second-order valence-corrected chi connectivity index (χ2v) is 8.67. The zero-order valence-electron chi connectivity index (χ0n) is 22.2. The van der Waals surface area contributed by atoms with Crippen molar-refractivity contribution in [2.24, 2.45) is 0 Å². The van der Waals surface area contributed by atoms with Gasteiger partial charge in [0.05, 0.1) is 67.3 Å². The second kappa shape index (κ2) is 12.3. The molecule has 0 unspecified atom stereocenters. The molecule has 0 aliphatic carbocycles. The van der Waals surface area contributed by atoms with Crippen LogP contribution in [0.5, 0.6) is 0 Å². The zero-order chi connectivity index (χ0) is 34.6. The molecule has 46 heavy (non-hydrogen) atoms. The standard InChI is InChI=1S/C31H5F6N9/c32-30(33,34)28-18(3-1-15(6-38)21(28)9-41)23(11-43)20-5-17(8-40)27(26(14-46)24(20)12-44)25(13-45)19-4-2-16(7-39)22(10-42)29(19)31(35,36)37/h1-5H/b23-20-,27-25+. The Hall–Kier alpha value is -7.61. The minimum atomic E-state index is -5.38. The van der Waals surface area contributed by atoms with Gasteiger partial charge in [0, 0.05) is 21.6 Å². The van der Waals surface area contributed by atoms with Gasteiger partial charge in [-0.25, -0.2) is 0 Å². The first kappa shape index (κ1) is 32.9. The summed E-state index contributed by atoms with van der Waals surface area (Å²) in [5, 5.41) is 85.6. The summed E-state index contributed by atoms with van der Waals surface area (Å²) in [6.07, 6.45) is -10.7. The van der Waals surface area contributed by atoms with Gasteiger partial charge < -0.3 is 0 Å². The van der Waals surface area contributed by atoms with Gasteiger partial charge >= 0.3 is 12.4 Å². The predicted molar refractivity (Wildman–Crippen MR) is 138 cm³/mol. The van der Waals surface area contributed by atoms with Crippen molar-refractivity contribution in [3.63, 3.8) is 0 Å². The van der Waals surface area contributed by atoms with Gasteiger partial charge in [0.15, 0.2) is 0 Å². The summed E-state index contributed by atoms with van der Waals surface area (Å²) in [5.41, 5.74) is -14.3. The summed E-state index contributed by atoms with van der Waals surface area (Å²) in [6, 6.07) is 16.0. The summed E-state index contributed by atoms with van der Waals surface area (Å²) in [6.45, 7) is 0. The van der Waals surface area contributed by atoms with Gasteiger partial charge in [0.25, 0.3) is 0 Å². The molecular weight excluding hydrogens is 612 g/mol. The van der Waals surface area contributed by atoms with Crippen molar-refractivity contribution in [3.8, 4) is 54.6 Å². The molecule has 0 spiro atoms. The summed E-state index contributed by atoms with van der Waals surface area (Å²) in [5.74, 6) is 0. The zero-order valence-corrected chi connectivity index (χ0v) is 22.2. The number of hydrogen-bond donors (Lipinski definition) is 0. The third kappa shape index (κ3) is 5.34. The molecule has 0 aliphatic rings. The highest BCUT2D eigenvalue weighted by Crippen LogP contribution is 2.39. The minimum Gasteiger partial charge on any atom is -0.192 e. The second-order valence-electron chi connectivity index (χ2n) is 8.67. The van der Waals surface area contributed by atoms with Crippen LogP contribution in [0.4, 0.5) is 26.3 Å². The van der Waals surface area contributed by atoms with Crippen LogP contribution in [-0.2, 0) is 12.4 Å². The lowest BCUT2D eigenvalue weighted by molar-refractivity contribution is -0.138.